The van der Waals surface area contributed by atoms with Gasteiger partial charge in [-0.15, -0.1) is 0 Å². The fourth-order valence-corrected chi connectivity index (χ4v) is 1.72. The van der Waals surface area contributed by atoms with E-state index in [0.717, 1.165) is 0 Å². The summed E-state index contributed by atoms with van der Waals surface area (Å²) in [6, 6.07) is 3.15. The van der Waals surface area contributed by atoms with E-state index in [1.54, 1.807) is 12.1 Å². The van der Waals surface area contributed by atoms with Gasteiger partial charge in [-0.25, -0.2) is 4.79 Å². The number of hydrogen-bond donors (Lipinski definition) is 1. The first-order valence-electron chi connectivity index (χ1n) is 5.27. The lowest BCUT2D eigenvalue weighted by Gasteiger charge is -2.28. The van der Waals surface area contributed by atoms with E-state index >= 15 is 0 Å². The number of esters is 1. The Morgan fingerprint density at radius 1 is 1.41 bits per heavy atom. The number of carbonyl (C=O) groups is 1. The minimum atomic E-state index is -0.566. The van der Waals surface area contributed by atoms with Crippen molar-refractivity contribution in [3.8, 4) is 11.5 Å². The van der Waals surface area contributed by atoms with Crippen LogP contribution in [0.5, 0.6) is 11.5 Å². The van der Waals surface area contributed by atoms with Crippen LogP contribution in [0.1, 0.15) is 29.8 Å². The normalized spacial score (nSPS) is 15.9. The van der Waals surface area contributed by atoms with Crippen LogP contribution >= 0.6 is 0 Å². The molecular formula is C13H14O4. The lowest BCUT2D eigenvalue weighted by molar-refractivity contribution is 0.0597. The number of rotatable bonds is 1. The van der Waals surface area contributed by atoms with E-state index in [1.807, 2.05) is 19.9 Å². The van der Waals surface area contributed by atoms with Gasteiger partial charge in [0.2, 0.25) is 0 Å². The van der Waals surface area contributed by atoms with Crippen molar-refractivity contribution in [2.75, 3.05) is 7.11 Å². The molecule has 1 aliphatic heterocycles. The molecule has 4 nitrogen and oxygen atoms in total. The molecule has 0 aromatic heterocycles. The highest BCUT2D eigenvalue weighted by molar-refractivity contribution is 5.94. The van der Waals surface area contributed by atoms with Crippen LogP contribution in [-0.2, 0) is 4.74 Å². The average molecular weight is 234 g/mol. The molecule has 2 rings (SSSR count). The molecule has 4 heteroatoms. The summed E-state index contributed by atoms with van der Waals surface area (Å²) in [6.45, 7) is 3.83. The predicted molar refractivity (Wildman–Crippen MR) is 63.2 cm³/mol. The van der Waals surface area contributed by atoms with Crippen molar-refractivity contribution >= 4 is 12.0 Å². The van der Waals surface area contributed by atoms with Gasteiger partial charge in [0, 0.05) is 0 Å². The molecule has 0 bridgehead atoms. The van der Waals surface area contributed by atoms with E-state index in [-0.39, 0.29) is 11.3 Å². The molecule has 0 atom stereocenters. The first kappa shape index (κ1) is 11.5. The molecule has 1 aromatic rings. The third-order valence-electron chi connectivity index (χ3n) is 2.61. The fourth-order valence-electron chi connectivity index (χ4n) is 1.72. The summed E-state index contributed by atoms with van der Waals surface area (Å²) in [5, 5.41) is 9.97. The maximum absolute atomic E-state index is 11.4. The third-order valence-corrected chi connectivity index (χ3v) is 2.61. The molecule has 1 aliphatic rings. The topological polar surface area (TPSA) is 55.8 Å². The second-order valence-electron chi connectivity index (χ2n) is 4.40. The van der Waals surface area contributed by atoms with Gasteiger partial charge in [0.05, 0.1) is 12.7 Å². The van der Waals surface area contributed by atoms with Gasteiger partial charge in [0.1, 0.15) is 22.7 Å². The van der Waals surface area contributed by atoms with Crippen molar-refractivity contribution in [3.63, 3.8) is 0 Å². The maximum Gasteiger partial charge on any atom is 0.341 e. The summed E-state index contributed by atoms with van der Waals surface area (Å²) in [5.41, 5.74) is 0.234. The SMILES string of the molecule is COC(=O)c1ccc2c(c1O)C=CC(C)(C)O2. The van der Waals surface area contributed by atoms with Crippen molar-refractivity contribution in [3.05, 3.63) is 29.3 Å². The van der Waals surface area contributed by atoms with Crippen LogP contribution in [0, 0.1) is 0 Å². The highest BCUT2D eigenvalue weighted by Crippen LogP contribution is 2.38. The number of carbonyl (C=O) groups excluding carboxylic acids is 1. The van der Waals surface area contributed by atoms with Crippen LogP contribution < -0.4 is 4.74 Å². The molecule has 90 valence electrons. The van der Waals surface area contributed by atoms with Crippen molar-refractivity contribution < 1.29 is 19.4 Å². The fraction of sp³-hybridized carbons (Fsp3) is 0.308. The molecule has 0 amide bonds. The van der Waals surface area contributed by atoms with Crippen molar-refractivity contribution in [1.82, 2.24) is 0 Å². The molecule has 0 fully saturated rings. The smallest absolute Gasteiger partial charge is 0.341 e. The predicted octanol–water partition coefficient (Wildman–Crippen LogP) is 2.36. The van der Waals surface area contributed by atoms with Crippen LogP contribution in [-0.4, -0.2) is 23.8 Å². The Hall–Kier alpha value is -1.97. The zero-order chi connectivity index (χ0) is 12.6. The number of methoxy groups -OCH3 is 1. The molecule has 0 spiro atoms. The Labute approximate surface area is 99.5 Å². The Bertz CT molecular complexity index is 500. The Kier molecular flexibility index (Phi) is 2.58. The number of phenols is 1. The summed E-state index contributed by atoms with van der Waals surface area (Å²) in [4.78, 5) is 11.4. The third kappa shape index (κ3) is 1.98. The highest BCUT2D eigenvalue weighted by atomic mass is 16.5. The summed E-state index contributed by atoms with van der Waals surface area (Å²) in [6.07, 6.45) is 3.58. The quantitative estimate of drug-likeness (QED) is 0.758. The second kappa shape index (κ2) is 3.80. The van der Waals surface area contributed by atoms with Gasteiger partial charge >= 0.3 is 5.97 Å². The Balaban J connectivity index is 2.51. The maximum atomic E-state index is 11.4. The Morgan fingerprint density at radius 3 is 2.76 bits per heavy atom. The average Bonchev–Trinajstić information content (AvgIpc) is 2.27. The molecule has 1 aromatic carbocycles. The summed E-state index contributed by atoms with van der Waals surface area (Å²) >= 11 is 0. The molecule has 0 radical (unpaired) electrons. The Morgan fingerprint density at radius 2 is 2.12 bits per heavy atom. The first-order chi connectivity index (χ1) is 7.94. The standard InChI is InChI=1S/C13H14O4/c1-13(2)7-6-8-10(17-13)5-4-9(11(8)14)12(15)16-3/h4-7,14H,1-3H3. The van der Waals surface area contributed by atoms with Gasteiger partial charge in [0.25, 0.3) is 0 Å². The number of aromatic hydroxyl groups is 1. The number of fused-ring (bicyclic) bond motifs is 1. The number of benzene rings is 1. The molecule has 0 saturated heterocycles. The van der Waals surface area contributed by atoms with Gasteiger partial charge in [0.15, 0.2) is 0 Å². The molecule has 17 heavy (non-hydrogen) atoms. The van der Waals surface area contributed by atoms with Crippen LogP contribution in [0.3, 0.4) is 0 Å². The monoisotopic (exact) mass is 234 g/mol. The van der Waals surface area contributed by atoms with Crippen molar-refractivity contribution in [2.45, 2.75) is 19.4 Å². The zero-order valence-electron chi connectivity index (χ0n) is 9.98. The number of ether oxygens (including phenoxy) is 2. The van der Waals surface area contributed by atoms with E-state index < -0.39 is 11.6 Å². The lowest BCUT2D eigenvalue weighted by Crippen LogP contribution is -2.27. The van der Waals surface area contributed by atoms with Gasteiger partial charge in [-0.1, -0.05) is 0 Å². The van der Waals surface area contributed by atoms with E-state index in [1.165, 1.54) is 13.2 Å². The van der Waals surface area contributed by atoms with Crippen LogP contribution in [0.2, 0.25) is 0 Å². The van der Waals surface area contributed by atoms with E-state index in [2.05, 4.69) is 4.74 Å². The van der Waals surface area contributed by atoms with E-state index in [0.29, 0.717) is 11.3 Å². The van der Waals surface area contributed by atoms with Crippen molar-refractivity contribution in [1.29, 1.82) is 0 Å². The van der Waals surface area contributed by atoms with Crippen LogP contribution in [0.25, 0.3) is 6.08 Å². The van der Waals surface area contributed by atoms with Crippen LogP contribution in [0.4, 0.5) is 0 Å². The summed E-state index contributed by atoms with van der Waals surface area (Å²) in [5.74, 6) is -0.118. The molecule has 0 aliphatic carbocycles. The molecule has 1 N–H and O–H groups in total. The highest BCUT2D eigenvalue weighted by Gasteiger charge is 2.25. The molecular weight excluding hydrogens is 220 g/mol. The van der Waals surface area contributed by atoms with E-state index in [4.69, 9.17) is 4.74 Å². The second-order valence-corrected chi connectivity index (χ2v) is 4.40. The van der Waals surface area contributed by atoms with Crippen LogP contribution in [0.15, 0.2) is 18.2 Å². The van der Waals surface area contributed by atoms with Gasteiger partial charge in [-0.3, -0.25) is 0 Å². The van der Waals surface area contributed by atoms with Gasteiger partial charge < -0.3 is 14.6 Å². The van der Waals surface area contributed by atoms with Gasteiger partial charge in [-0.05, 0) is 38.1 Å². The van der Waals surface area contributed by atoms with E-state index in [9.17, 15) is 9.90 Å². The first-order valence-corrected chi connectivity index (χ1v) is 5.27. The van der Waals surface area contributed by atoms with Crippen molar-refractivity contribution in [2.24, 2.45) is 0 Å². The molecule has 1 heterocycles. The summed E-state index contributed by atoms with van der Waals surface area (Å²) in [7, 11) is 1.27. The minimum absolute atomic E-state index is 0.110. The number of phenolic OH excluding ortho intramolecular Hbond substituents is 1. The number of hydrogen-bond acceptors (Lipinski definition) is 4. The molecule has 0 saturated carbocycles. The summed E-state index contributed by atoms with van der Waals surface area (Å²) < 4.78 is 10.3. The zero-order valence-corrected chi connectivity index (χ0v) is 9.98. The lowest BCUT2D eigenvalue weighted by atomic mass is 9.99. The van der Waals surface area contributed by atoms with Gasteiger partial charge in [-0.2, -0.15) is 0 Å². The largest absolute Gasteiger partial charge is 0.506 e. The molecule has 0 unspecified atom stereocenters. The minimum Gasteiger partial charge on any atom is -0.506 e.